The van der Waals surface area contributed by atoms with Gasteiger partial charge in [0.05, 0.1) is 0 Å². The van der Waals surface area contributed by atoms with E-state index in [1.807, 2.05) is 6.07 Å². The average Bonchev–Trinajstić information content (AvgIpc) is 2.14. The summed E-state index contributed by atoms with van der Waals surface area (Å²) in [7, 11) is 0. The molecule has 1 aliphatic heterocycles. The number of hydrogen-bond donors (Lipinski definition) is 1. The van der Waals surface area contributed by atoms with Crippen LogP contribution in [0.5, 0.6) is 0 Å². The lowest BCUT2D eigenvalue weighted by Crippen LogP contribution is -2.08. The van der Waals surface area contributed by atoms with Gasteiger partial charge in [0, 0.05) is 6.54 Å². The van der Waals surface area contributed by atoms with Gasteiger partial charge in [-0.25, -0.2) is 0 Å². The fourth-order valence-electron chi connectivity index (χ4n) is 0.380. The molecule has 0 saturated heterocycles. The van der Waals surface area contributed by atoms with Gasteiger partial charge in [0.25, 0.3) is 0 Å². The standard InChI is InChI=1S/C4H4N3/c5-1-4-2-6-3-7-4/h3,6H,2H2. The Morgan fingerprint density at radius 1 is 2.00 bits per heavy atom. The highest BCUT2D eigenvalue weighted by atomic mass is 15.1. The van der Waals surface area contributed by atoms with E-state index in [1.165, 1.54) is 6.67 Å². The Morgan fingerprint density at radius 3 is 3.14 bits per heavy atom. The number of rotatable bonds is 0. The van der Waals surface area contributed by atoms with Gasteiger partial charge in [-0.1, -0.05) is 0 Å². The van der Waals surface area contributed by atoms with Crippen LogP contribution in [0.15, 0.2) is 4.99 Å². The van der Waals surface area contributed by atoms with Crippen LogP contribution in [0.3, 0.4) is 0 Å². The third-order valence-corrected chi connectivity index (χ3v) is 0.710. The maximum atomic E-state index is 8.13. The third-order valence-electron chi connectivity index (χ3n) is 0.710. The van der Waals surface area contributed by atoms with Crippen molar-refractivity contribution in [3.8, 4) is 6.07 Å². The van der Waals surface area contributed by atoms with E-state index in [4.69, 9.17) is 5.26 Å². The van der Waals surface area contributed by atoms with Crippen molar-refractivity contribution in [2.45, 2.75) is 0 Å². The summed E-state index contributed by atoms with van der Waals surface area (Å²) in [6.45, 7) is 2.12. The van der Waals surface area contributed by atoms with Gasteiger partial charge in [-0.3, -0.25) is 10.3 Å². The van der Waals surface area contributed by atoms with Gasteiger partial charge in [0.15, 0.2) is 0 Å². The van der Waals surface area contributed by atoms with Crippen molar-refractivity contribution in [3.63, 3.8) is 0 Å². The molecule has 0 unspecified atom stereocenters. The molecule has 1 rings (SSSR count). The normalized spacial score (nSPS) is 18.4. The van der Waals surface area contributed by atoms with Crippen LogP contribution in [-0.2, 0) is 0 Å². The zero-order valence-electron chi connectivity index (χ0n) is 3.68. The molecule has 7 heavy (non-hydrogen) atoms. The summed E-state index contributed by atoms with van der Waals surface area (Å²) in [5.41, 5.74) is 0.556. The molecular formula is C4H4N3. The number of nitrogens with one attached hydrogen (secondary N) is 1. The predicted molar refractivity (Wildman–Crippen MR) is 25.4 cm³/mol. The first-order valence-electron chi connectivity index (χ1n) is 1.95. The Balaban J connectivity index is 2.57. The highest BCUT2D eigenvalue weighted by Gasteiger charge is 2.01. The molecule has 0 aromatic heterocycles. The van der Waals surface area contributed by atoms with Gasteiger partial charge < -0.3 is 0 Å². The molecule has 0 atom stereocenters. The molecule has 0 aromatic rings. The molecule has 3 nitrogen and oxygen atoms in total. The Labute approximate surface area is 41.7 Å². The monoisotopic (exact) mass is 94.0 g/mol. The minimum atomic E-state index is 0.556. The van der Waals surface area contributed by atoms with Crippen molar-refractivity contribution in [3.05, 3.63) is 6.67 Å². The summed E-state index contributed by atoms with van der Waals surface area (Å²) in [5, 5.41) is 10.9. The summed E-state index contributed by atoms with van der Waals surface area (Å²) >= 11 is 0. The molecule has 0 aliphatic carbocycles. The van der Waals surface area contributed by atoms with E-state index in [2.05, 4.69) is 10.3 Å². The second-order valence-corrected chi connectivity index (χ2v) is 1.20. The van der Waals surface area contributed by atoms with Crippen molar-refractivity contribution >= 4 is 5.71 Å². The van der Waals surface area contributed by atoms with E-state index in [1.54, 1.807) is 0 Å². The predicted octanol–water partition coefficient (Wildman–Crippen LogP) is -0.327. The van der Waals surface area contributed by atoms with Crippen LogP contribution < -0.4 is 5.32 Å². The van der Waals surface area contributed by atoms with Gasteiger partial charge in [-0.15, -0.1) is 0 Å². The second kappa shape index (κ2) is 1.71. The van der Waals surface area contributed by atoms with Crippen LogP contribution in [0.25, 0.3) is 0 Å². The van der Waals surface area contributed by atoms with Gasteiger partial charge in [0.1, 0.15) is 18.4 Å². The second-order valence-electron chi connectivity index (χ2n) is 1.20. The van der Waals surface area contributed by atoms with E-state index in [0.717, 1.165) is 0 Å². The Bertz CT molecular complexity index is 130. The average molecular weight is 94.1 g/mol. The SMILES string of the molecule is N#CC1=N[CH]NC1. The largest absolute Gasteiger partial charge is 0.286 e. The van der Waals surface area contributed by atoms with Crippen LogP contribution in [0, 0.1) is 18.0 Å². The van der Waals surface area contributed by atoms with E-state index in [-0.39, 0.29) is 0 Å². The lowest BCUT2D eigenvalue weighted by molar-refractivity contribution is 0.964. The Hall–Kier alpha value is -0.880. The summed E-state index contributed by atoms with van der Waals surface area (Å²) < 4.78 is 0. The third kappa shape index (κ3) is 0.756. The van der Waals surface area contributed by atoms with Crippen LogP contribution in [0.4, 0.5) is 0 Å². The highest BCUT2D eigenvalue weighted by Crippen LogP contribution is 1.85. The van der Waals surface area contributed by atoms with Crippen molar-refractivity contribution in [1.29, 1.82) is 5.26 Å². The quantitative estimate of drug-likeness (QED) is 0.447. The molecule has 35 valence electrons. The number of hydrogen-bond acceptors (Lipinski definition) is 3. The van der Waals surface area contributed by atoms with Gasteiger partial charge in [-0.05, 0) is 0 Å². The molecule has 0 fully saturated rings. The number of aliphatic imine (C=N–C) groups is 1. The van der Waals surface area contributed by atoms with Crippen LogP contribution in [0.2, 0.25) is 0 Å². The molecule has 0 spiro atoms. The maximum Gasteiger partial charge on any atom is 0.137 e. The smallest absolute Gasteiger partial charge is 0.137 e. The van der Waals surface area contributed by atoms with Crippen molar-refractivity contribution in [2.75, 3.05) is 6.54 Å². The van der Waals surface area contributed by atoms with E-state index >= 15 is 0 Å². The van der Waals surface area contributed by atoms with E-state index in [0.29, 0.717) is 12.3 Å². The topological polar surface area (TPSA) is 48.2 Å². The fraction of sp³-hybridized carbons (Fsp3) is 0.250. The molecule has 0 bridgehead atoms. The number of nitriles is 1. The Kier molecular flexibility index (Phi) is 1.05. The molecule has 1 N–H and O–H groups in total. The van der Waals surface area contributed by atoms with E-state index < -0.39 is 0 Å². The lowest BCUT2D eigenvalue weighted by atomic mass is 10.4. The molecule has 0 saturated carbocycles. The first-order chi connectivity index (χ1) is 3.43. The van der Waals surface area contributed by atoms with Crippen molar-refractivity contribution in [2.24, 2.45) is 4.99 Å². The minimum Gasteiger partial charge on any atom is -0.286 e. The lowest BCUT2D eigenvalue weighted by Gasteiger charge is -1.77. The van der Waals surface area contributed by atoms with Gasteiger partial charge in [0.2, 0.25) is 0 Å². The van der Waals surface area contributed by atoms with Crippen LogP contribution in [-0.4, -0.2) is 12.3 Å². The molecule has 3 heteroatoms. The summed E-state index contributed by atoms with van der Waals surface area (Å²) in [6, 6.07) is 1.92. The molecule has 1 radical (unpaired) electrons. The molecule has 1 aliphatic rings. The summed E-state index contributed by atoms with van der Waals surface area (Å²) in [5.74, 6) is 0. The van der Waals surface area contributed by atoms with Gasteiger partial charge in [-0.2, -0.15) is 5.26 Å². The minimum absolute atomic E-state index is 0.556. The molecule has 0 aromatic carbocycles. The summed E-state index contributed by atoms with van der Waals surface area (Å²) in [4.78, 5) is 3.67. The molecule has 1 heterocycles. The van der Waals surface area contributed by atoms with Crippen molar-refractivity contribution in [1.82, 2.24) is 5.32 Å². The molecule has 0 amide bonds. The van der Waals surface area contributed by atoms with Crippen LogP contribution >= 0.6 is 0 Å². The summed E-state index contributed by atoms with van der Waals surface area (Å²) in [6.07, 6.45) is 0. The number of nitrogens with zero attached hydrogens (tertiary/aromatic N) is 2. The highest BCUT2D eigenvalue weighted by molar-refractivity contribution is 6.01. The van der Waals surface area contributed by atoms with Crippen LogP contribution in [0.1, 0.15) is 0 Å². The first kappa shape index (κ1) is 4.28. The fourth-order valence-corrected chi connectivity index (χ4v) is 0.380. The maximum absolute atomic E-state index is 8.13. The van der Waals surface area contributed by atoms with E-state index in [9.17, 15) is 0 Å². The van der Waals surface area contributed by atoms with Crippen molar-refractivity contribution < 1.29 is 0 Å². The zero-order valence-corrected chi connectivity index (χ0v) is 3.68. The van der Waals surface area contributed by atoms with Gasteiger partial charge >= 0.3 is 0 Å². The Morgan fingerprint density at radius 2 is 2.86 bits per heavy atom. The first-order valence-corrected chi connectivity index (χ1v) is 1.95. The zero-order chi connectivity index (χ0) is 5.11. The molecular weight excluding hydrogens is 90.1 g/mol.